The van der Waals surface area contributed by atoms with Crippen molar-refractivity contribution in [2.75, 3.05) is 5.32 Å². The van der Waals surface area contributed by atoms with Crippen LogP contribution in [-0.2, 0) is 6.54 Å². The van der Waals surface area contributed by atoms with E-state index in [-0.39, 0.29) is 0 Å². The minimum Gasteiger partial charge on any atom is -0.364 e. The molecule has 0 spiro atoms. The molecule has 1 N–H and O–H groups in total. The molecule has 0 atom stereocenters. The number of hydrogen-bond acceptors (Lipinski definition) is 5. The van der Waals surface area contributed by atoms with E-state index in [1.165, 1.54) is 4.70 Å². The van der Waals surface area contributed by atoms with Gasteiger partial charge in [0, 0.05) is 6.20 Å². The molecule has 0 bridgehead atoms. The standard InChI is InChI=1S/C21H16N4S/c1-14-10-15(12-22)6-7-17(14)16-8-9-23-20(11-16)24-13-21-25-18-4-2-3-5-19(18)26-21/h2-11H,13H2,1H3,(H,23,24). The number of rotatable bonds is 4. The first kappa shape index (κ1) is 16.2. The quantitative estimate of drug-likeness (QED) is 0.549. The van der Waals surface area contributed by atoms with Gasteiger partial charge in [0.1, 0.15) is 10.8 Å². The molecule has 126 valence electrons. The zero-order valence-electron chi connectivity index (χ0n) is 14.2. The summed E-state index contributed by atoms with van der Waals surface area (Å²) in [6.07, 6.45) is 1.80. The summed E-state index contributed by atoms with van der Waals surface area (Å²) in [7, 11) is 0. The number of nitrogens with zero attached hydrogens (tertiary/aromatic N) is 3. The maximum atomic E-state index is 9.02. The number of fused-ring (bicyclic) bond motifs is 1. The molecule has 4 rings (SSSR count). The number of para-hydroxylation sites is 1. The average Bonchev–Trinajstić information content (AvgIpc) is 3.09. The van der Waals surface area contributed by atoms with Crippen LogP contribution in [0, 0.1) is 18.3 Å². The third-order valence-electron chi connectivity index (χ3n) is 4.19. The summed E-state index contributed by atoms with van der Waals surface area (Å²) in [4.78, 5) is 9.05. The minimum atomic E-state index is 0.641. The summed E-state index contributed by atoms with van der Waals surface area (Å²) in [5.74, 6) is 0.811. The lowest BCUT2D eigenvalue weighted by Crippen LogP contribution is -2.01. The molecule has 0 radical (unpaired) electrons. The number of aryl methyl sites for hydroxylation is 1. The second kappa shape index (κ2) is 6.95. The van der Waals surface area contributed by atoms with Crippen LogP contribution in [0.15, 0.2) is 60.8 Å². The van der Waals surface area contributed by atoms with Crippen LogP contribution < -0.4 is 5.32 Å². The molecule has 0 aliphatic carbocycles. The van der Waals surface area contributed by atoms with Crippen LogP contribution in [0.4, 0.5) is 5.82 Å². The number of anilines is 1. The molecule has 0 aliphatic rings. The predicted molar refractivity (Wildman–Crippen MR) is 106 cm³/mol. The van der Waals surface area contributed by atoms with Gasteiger partial charge in [0.2, 0.25) is 0 Å². The Morgan fingerprint density at radius 1 is 1.12 bits per heavy atom. The molecule has 26 heavy (non-hydrogen) atoms. The molecule has 5 heteroatoms. The molecular formula is C21H16N4S. The zero-order valence-corrected chi connectivity index (χ0v) is 15.0. The Balaban J connectivity index is 1.55. The molecule has 2 aromatic carbocycles. The van der Waals surface area contributed by atoms with Gasteiger partial charge in [0.25, 0.3) is 0 Å². The minimum absolute atomic E-state index is 0.641. The number of nitrogens with one attached hydrogen (secondary N) is 1. The Morgan fingerprint density at radius 3 is 2.81 bits per heavy atom. The molecule has 4 nitrogen and oxygen atoms in total. The molecule has 2 aromatic heterocycles. The number of hydrogen-bond donors (Lipinski definition) is 1. The van der Waals surface area contributed by atoms with Crippen molar-refractivity contribution in [2.45, 2.75) is 13.5 Å². The topological polar surface area (TPSA) is 61.6 Å². The van der Waals surface area contributed by atoms with Gasteiger partial charge in [-0.2, -0.15) is 5.26 Å². The van der Waals surface area contributed by atoms with Gasteiger partial charge in [0.15, 0.2) is 0 Å². The van der Waals surface area contributed by atoms with E-state index in [0.29, 0.717) is 12.1 Å². The van der Waals surface area contributed by atoms with Crippen LogP contribution >= 0.6 is 11.3 Å². The Kier molecular flexibility index (Phi) is 4.34. The largest absolute Gasteiger partial charge is 0.364 e. The van der Waals surface area contributed by atoms with Crippen molar-refractivity contribution in [2.24, 2.45) is 0 Å². The normalized spacial score (nSPS) is 10.6. The van der Waals surface area contributed by atoms with Crippen molar-refractivity contribution in [3.8, 4) is 17.2 Å². The van der Waals surface area contributed by atoms with Crippen molar-refractivity contribution in [1.82, 2.24) is 9.97 Å². The number of nitriles is 1. The molecule has 0 amide bonds. The fourth-order valence-electron chi connectivity index (χ4n) is 2.91. The second-order valence-electron chi connectivity index (χ2n) is 6.00. The first-order valence-corrected chi connectivity index (χ1v) is 9.10. The Hall–Kier alpha value is -3.23. The highest BCUT2D eigenvalue weighted by Gasteiger charge is 2.06. The molecule has 0 aliphatic heterocycles. The van der Waals surface area contributed by atoms with Gasteiger partial charge in [-0.05, 0) is 60.0 Å². The van der Waals surface area contributed by atoms with E-state index in [9.17, 15) is 0 Å². The van der Waals surface area contributed by atoms with Gasteiger partial charge in [-0.25, -0.2) is 9.97 Å². The van der Waals surface area contributed by atoms with Crippen LogP contribution in [0.5, 0.6) is 0 Å². The maximum absolute atomic E-state index is 9.02. The van der Waals surface area contributed by atoms with Crippen molar-refractivity contribution >= 4 is 27.4 Å². The fourth-order valence-corrected chi connectivity index (χ4v) is 3.82. The summed E-state index contributed by atoms with van der Waals surface area (Å²) in [5, 5.41) is 13.4. The summed E-state index contributed by atoms with van der Waals surface area (Å²) >= 11 is 1.69. The highest BCUT2D eigenvalue weighted by atomic mass is 32.1. The lowest BCUT2D eigenvalue weighted by molar-refractivity contribution is 1.09. The van der Waals surface area contributed by atoms with Crippen molar-refractivity contribution in [1.29, 1.82) is 5.26 Å². The van der Waals surface area contributed by atoms with E-state index in [4.69, 9.17) is 5.26 Å². The number of pyridine rings is 1. The van der Waals surface area contributed by atoms with E-state index in [1.54, 1.807) is 17.5 Å². The van der Waals surface area contributed by atoms with Crippen LogP contribution in [0.25, 0.3) is 21.3 Å². The van der Waals surface area contributed by atoms with Crippen molar-refractivity contribution in [3.63, 3.8) is 0 Å². The first-order chi connectivity index (χ1) is 12.7. The molecule has 0 saturated carbocycles. The summed E-state index contributed by atoms with van der Waals surface area (Å²) in [6, 6.07) is 20.1. The van der Waals surface area contributed by atoms with E-state index in [2.05, 4.69) is 27.4 Å². The third kappa shape index (κ3) is 3.28. The van der Waals surface area contributed by atoms with Gasteiger partial charge in [-0.3, -0.25) is 0 Å². The Labute approximate surface area is 155 Å². The van der Waals surface area contributed by atoms with Crippen LogP contribution in [0.2, 0.25) is 0 Å². The van der Waals surface area contributed by atoms with Crippen molar-refractivity contribution in [3.05, 3.63) is 76.9 Å². The highest BCUT2D eigenvalue weighted by Crippen LogP contribution is 2.26. The lowest BCUT2D eigenvalue weighted by atomic mass is 9.99. The second-order valence-corrected chi connectivity index (χ2v) is 7.12. The third-order valence-corrected chi connectivity index (χ3v) is 5.22. The molecular weight excluding hydrogens is 340 g/mol. The average molecular weight is 356 g/mol. The van der Waals surface area contributed by atoms with Gasteiger partial charge in [-0.15, -0.1) is 11.3 Å². The number of aromatic nitrogens is 2. The first-order valence-electron chi connectivity index (χ1n) is 8.28. The van der Waals surface area contributed by atoms with Crippen LogP contribution in [-0.4, -0.2) is 9.97 Å². The number of benzene rings is 2. The van der Waals surface area contributed by atoms with Crippen LogP contribution in [0.3, 0.4) is 0 Å². The van der Waals surface area contributed by atoms with E-state index >= 15 is 0 Å². The zero-order chi connectivity index (χ0) is 17.9. The van der Waals surface area contributed by atoms with Gasteiger partial charge >= 0.3 is 0 Å². The van der Waals surface area contributed by atoms with E-state index < -0.39 is 0 Å². The molecule has 4 aromatic rings. The summed E-state index contributed by atoms with van der Waals surface area (Å²) in [6.45, 7) is 2.66. The van der Waals surface area contributed by atoms with Gasteiger partial charge < -0.3 is 5.32 Å². The molecule has 0 fully saturated rings. The van der Waals surface area contributed by atoms with Gasteiger partial charge in [-0.1, -0.05) is 18.2 Å². The molecule has 2 heterocycles. The molecule has 0 saturated heterocycles. The number of thiazole rings is 1. The predicted octanol–water partition coefficient (Wildman–Crippen LogP) is 5.15. The summed E-state index contributed by atoms with van der Waals surface area (Å²) < 4.78 is 1.19. The molecule has 0 unspecified atom stereocenters. The summed E-state index contributed by atoms with van der Waals surface area (Å²) in [5.41, 5.74) is 4.97. The highest BCUT2D eigenvalue weighted by molar-refractivity contribution is 7.18. The smallest absolute Gasteiger partial charge is 0.126 e. The lowest BCUT2D eigenvalue weighted by Gasteiger charge is -2.09. The monoisotopic (exact) mass is 356 g/mol. The Morgan fingerprint density at radius 2 is 2.00 bits per heavy atom. The van der Waals surface area contributed by atoms with Crippen LogP contribution in [0.1, 0.15) is 16.1 Å². The van der Waals surface area contributed by atoms with Crippen molar-refractivity contribution < 1.29 is 0 Å². The van der Waals surface area contributed by atoms with E-state index in [0.717, 1.165) is 33.0 Å². The fraction of sp³-hybridized carbons (Fsp3) is 0.0952. The maximum Gasteiger partial charge on any atom is 0.126 e. The SMILES string of the molecule is Cc1cc(C#N)ccc1-c1ccnc(NCc2nc3ccccc3s2)c1. The Bertz CT molecular complexity index is 1090. The van der Waals surface area contributed by atoms with E-state index in [1.807, 2.05) is 55.5 Å². The van der Waals surface area contributed by atoms with Gasteiger partial charge in [0.05, 0.1) is 28.4 Å².